The van der Waals surface area contributed by atoms with Gasteiger partial charge in [-0.05, 0) is 25.7 Å². The Kier molecular flexibility index (Phi) is 3.09. The van der Waals surface area contributed by atoms with Crippen LogP contribution < -0.4 is 0 Å². The summed E-state index contributed by atoms with van der Waals surface area (Å²) in [6, 6.07) is 0. The molecule has 6 unspecified atom stereocenters. The summed E-state index contributed by atoms with van der Waals surface area (Å²) < 4.78 is 16.3. The van der Waals surface area contributed by atoms with Gasteiger partial charge in [-0.3, -0.25) is 4.79 Å². The first-order valence-electron chi connectivity index (χ1n) is 6.75. The molecule has 0 radical (unpaired) electrons. The zero-order valence-corrected chi connectivity index (χ0v) is 10.9. The van der Waals surface area contributed by atoms with E-state index in [1.807, 2.05) is 6.92 Å². The van der Waals surface area contributed by atoms with Crippen LogP contribution in [0.4, 0.5) is 0 Å². The van der Waals surface area contributed by atoms with Crippen molar-refractivity contribution in [1.29, 1.82) is 0 Å². The molecule has 1 aliphatic heterocycles. The van der Waals surface area contributed by atoms with Crippen LogP contribution >= 0.6 is 0 Å². The number of carbonyl (C=O) groups excluding carboxylic acids is 2. The van der Waals surface area contributed by atoms with Crippen molar-refractivity contribution >= 4 is 11.9 Å². The Labute approximate surface area is 111 Å². The van der Waals surface area contributed by atoms with Crippen LogP contribution in [-0.2, 0) is 23.8 Å². The number of esters is 2. The fourth-order valence-electron chi connectivity index (χ4n) is 3.66. The first-order valence-corrected chi connectivity index (χ1v) is 6.75. The van der Waals surface area contributed by atoms with E-state index in [0.29, 0.717) is 11.8 Å². The molecule has 5 nitrogen and oxygen atoms in total. The number of hydrogen-bond donors (Lipinski definition) is 0. The fourth-order valence-corrected chi connectivity index (χ4v) is 3.66. The van der Waals surface area contributed by atoms with Gasteiger partial charge >= 0.3 is 11.9 Å². The van der Waals surface area contributed by atoms with E-state index in [9.17, 15) is 9.59 Å². The Morgan fingerprint density at radius 1 is 1.58 bits per heavy atom. The molecule has 6 atom stereocenters. The number of ether oxygens (including phenoxy) is 3. The van der Waals surface area contributed by atoms with Gasteiger partial charge in [0.25, 0.3) is 0 Å². The second-order valence-electron chi connectivity index (χ2n) is 5.65. The summed E-state index contributed by atoms with van der Waals surface area (Å²) in [4.78, 5) is 22.6. The molecule has 1 saturated heterocycles. The minimum Gasteiger partial charge on any atom is -0.460 e. The molecule has 19 heavy (non-hydrogen) atoms. The van der Waals surface area contributed by atoms with E-state index in [-0.39, 0.29) is 36.8 Å². The fraction of sp³-hybridized carbons (Fsp3) is 0.714. The second kappa shape index (κ2) is 4.63. The molecule has 0 aromatic rings. The van der Waals surface area contributed by atoms with Crippen LogP contribution in [0, 0.1) is 17.8 Å². The van der Waals surface area contributed by atoms with Gasteiger partial charge in [-0.1, -0.05) is 6.58 Å². The standard InChI is InChI=1S/C14H18O5/c1-3-11(15)17-6-7(2)18-12-8-4-9-10(5-8)14(16)19-13(9)12/h3,7-10,12-13H,1,4-6H2,2H3. The summed E-state index contributed by atoms with van der Waals surface area (Å²) in [6.07, 6.45) is 2.70. The first-order chi connectivity index (χ1) is 9.10. The van der Waals surface area contributed by atoms with Crippen LogP contribution in [0.5, 0.6) is 0 Å². The lowest BCUT2D eigenvalue weighted by Crippen LogP contribution is -2.37. The van der Waals surface area contributed by atoms with Gasteiger partial charge in [0.2, 0.25) is 0 Å². The highest BCUT2D eigenvalue weighted by Gasteiger charge is 2.62. The highest BCUT2D eigenvalue weighted by Crippen LogP contribution is 2.55. The summed E-state index contributed by atoms with van der Waals surface area (Å²) in [7, 11) is 0. The predicted octanol–water partition coefficient (Wildman–Crippen LogP) is 1.07. The summed E-state index contributed by atoms with van der Waals surface area (Å²) in [6.45, 7) is 5.39. The molecule has 3 rings (SSSR count). The Morgan fingerprint density at radius 3 is 3.11 bits per heavy atom. The molecule has 0 spiro atoms. The van der Waals surface area contributed by atoms with E-state index in [2.05, 4.69) is 6.58 Å². The van der Waals surface area contributed by atoms with Crippen molar-refractivity contribution in [3.05, 3.63) is 12.7 Å². The zero-order chi connectivity index (χ0) is 13.6. The van der Waals surface area contributed by atoms with Gasteiger partial charge in [-0.25, -0.2) is 4.79 Å². The second-order valence-corrected chi connectivity index (χ2v) is 5.65. The van der Waals surface area contributed by atoms with Crippen molar-refractivity contribution in [2.75, 3.05) is 6.61 Å². The Bertz CT molecular complexity index is 418. The van der Waals surface area contributed by atoms with Crippen LogP contribution in [0.25, 0.3) is 0 Å². The topological polar surface area (TPSA) is 61.8 Å². The molecular formula is C14H18O5. The summed E-state index contributed by atoms with van der Waals surface area (Å²) in [5.41, 5.74) is 0. The minimum atomic E-state index is -0.448. The quantitative estimate of drug-likeness (QED) is 0.550. The summed E-state index contributed by atoms with van der Waals surface area (Å²) in [5, 5.41) is 0. The maximum atomic E-state index is 11.6. The molecule has 2 bridgehead atoms. The number of fused-ring (bicyclic) bond motifs is 1. The lowest BCUT2D eigenvalue weighted by atomic mass is 9.88. The third-order valence-corrected chi connectivity index (χ3v) is 4.43. The largest absolute Gasteiger partial charge is 0.460 e. The van der Waals surface area contributed by atoms with Crippen LogP contribution in [-0.4, -0.2) is 36.9 Å². The summed E-state index contributed by atoms with van der Waals surface area (Å²) in [5.74, 6) is 0.336. The lowest BCUT2D eigenvalue weighted by Gasteiger charge is -2.28. The van der Waals surface area contributed by atoms with E-state index in [1.54, 1.807) is 0 Å². The van der Waals surface area contributed by atoms with Crippen LogP contribution in [0.1, 0.15) is 19.8 Å². The normalized spacial score (nSPS) is 40.1. The van der Waals surface area contributed by atoms with Gasteiger partial charge in [0.1, 0.15) is 12.7 Å². The zero-order valence-electron chi connectivity index (χ0n) is 10.9. The van der Waals surface area contributed by atoms with Crippen molar-refractivity contribution in [2.45, 2.75) is 38.1 Å². The van der Waals surface area contributed by atoms with Crippen molar-refractivity contribution in [3.63, 3.8) is 0 Å². The van der Waals surface area contributed by atoms with Gasteiger partial charge in [0, 0.05) is 12.0 Å². The molecule has 3 fully saturated rings. The molecule has 0 N–H and O–H groups in total. The van der Waals surface area contributed by atoms with Gasteiger partial charge in [-0.15, -0.1) is 0 Å². The number of rotatable bonds is 5. The third-order valence-electron chi connectivity index (χ3n) is 4.43. The van der Waals surface area contributed by atoms with Gasteiger partial charge in [0.15, 0.2) is 0 Å². The molecule has 2 saturated carbocycles. The molecule has 3 aliphatic rings. The number of carbonyl (C=O) groups is 2. The molecular weight excluding hydrogens is 248 g/mol. The van der Waals surface area contributed by atoms with Crippen LogP contribution in [0.3, 0.4) is 0 Å². The third kappa shape index (κ3) is 2.06. The molecule has 0 amide bonds. The van der Waals surface area contributed by atoms with Crippen molar-refractivity contribution in [1.82, 2.24) is 0 Å². The van der Waals surface area contributed by atoms with Crippen LogP contribution in [0.15, 0.2) is 12.7 Å². The highest BCUT2D eigenvalue weighted by atomic mass is 16.6. The first kappa shape index (κ1) is 12.7. The minimum absolute atomic E-state index is 0.0369. The van der Waals surface area contributed by atoms with E-state index in [1.165, 1.54) is 0 Å². The maximum Gasteiger partial charge on any atom is 0.330 e. The SMILES string of the molecule is C=CC(=O)OCC(C)OC1C2CC3C(=O)OC1C3C2. The van der Waals surface area contributed by atoms with E-state index in [4.69, 9.17) is 14.2 Å². The monoisotopic (exact) mass is 266 g/mol. The smallest absolute Gasteiger partial charge is 0.330 e. The number of hydrogen-bond acceptors (Lipinski definition) is 5. The average Bonchev–Trinajstić information content (AvgIpc) is 3.00. The van der Waals surface area contributed by atoms with Crippen molar-refractivity contribution in [3.8, 4) is 0 Å². The summed E-state index contributed by atoms with van der Waals surface area (Å²) >= 11 is 0. The Hall–Kier alpha value is -1.36. The Morgan fingerprint density at radius 2 is 2.37 bits per heavy atom. The van der Waals surface area contributed by atoms with Crippen LogP contribution in [0.2, 0.25) is 0 Å². The van der Waals surface area contributed by atoms with E-state index < -0.39 is 5.97 Å². The molecule has 0 aromatic carbocycles. The van der Waals surface area contributed by atoms with Crippen molar-refractivity contribution < 1.29 is 23.8 Å². The molecule has 104 valence electrons. The van der Waals surface area contributed by atoms with Gasteiger partial charge in [0.05, 0.1) is 18.1 Å². The molecule has 0 aromatic heterocycles. The maximum absolute atomic E-state index is 11.6. The highest BCUT2D eigenvalue weighted by molar-refractivity contribution is 5.81. The predicted molar refractivity (Wildman–Crippen MR) is 65.1 cm³/mol. The van der Waals surface area contributed by atoms with Gasteiger partial charge < -0.3 is 14.2 Å². The Balaban J connectivity index is 1.55. The van der Waals surface area contributed by atoms with Crippen molar-refractivity contribution in [2.24, 2.45) is 17.8 Å². The molecule has 1 heterocycles. The average molecular weight is 266 g/mol. The lowest BCUT2D eigenvalue weighted by molar-refractivity contribution is -0.153. The van der Waals surface area contributed by atoms with Gasteiger partial charge in [-0.2, -0.15) is 0 Å². The van der Waals surface area contributed by atoms with E-state index >= 15 is 0 Å². The molecule has 5 heteroatoms. The molecule has 2 aliphatic carbocycles. The van der Waals surface area contributed by atoms with E-state index in [0.717, 1.165) is 18.9 Å².